The van der Waals surface area contributed by atoms with E-state index in [9.17, 15) is 0 Å². The molecule has 4 heteroatoms. The highest BCUT2D eigenvalue weighted by atomic mass is 35.5. The molecule has 0 aromatic carbocycles. The van der Waals surface area contributed by atoms with Gasteiger partial charge in [-0.25, -0.2) is 0 Å². The van der Waals surface area contributed by atoms with Crippen LogP contribution in [0.2, 0.25) is 4.34 Å². The van der Waals surface area contributed by atoms with Crippen LogP contribution in [0.5, 0.6) is 0 Å². The molecule has 15 heavy (non-hydrogen) atoms. The van der Waals surface area contributed by atoms with Gasteiger partial charge in [0.2, 0.25) is 0 Å². The Morgan fingerprint density at radius 3 is 2.47 bits per heavy atom. The summed E-state index contributed by atoms with van der Waals surface area (Å²) in [5.74, 6) is 1.01. The lowest BCUT2D eigenvalue weighted by Gasteiger charge is -2.28. The maximum absolute atomic E-state index is 5.95. The second-order valence-electron chi connectivity index (χ2n) is 4.05. The van der Waals surface area contributed by atoms with E-state index in [0.29, 0.717) is 24.4 Å². The van der Waals surface area contributed by atoms with E-state index in [2.05, 4.69) is 25.2 Å². The first kappa shape index (κ1) is 13.0. The minimum absolute atomic E-state index is 0.312. The molecule has 2 nitrogen and oxygen atoms in total. The molecule has 0 saturated carbocycles. The first-order valence-corrected chi connectivity index (χ1v) is 6.42. The van der Waals surface area contributed by atoms with Crippen molar-refractivity contribution in [3.63, 3.8) is 0 Å². The maximum atomic E-state index is 5.95. The van der Waals surface area contributed by atoms with Gasteiger partial charge in [0, 0.05) is 10.9 Å². The van der Waals surface area contributed by atoms with Crippen LogP contribution in [0.25, 0.3) is 0 Å². The molecular weight excluding hydrogens is 228 g/mol. The summed E-state index contributed by atoms with van der Waals surface area (Å²) in [6.45, 7) is 5.10. The number of rotatable bonds is 5. The zero-order chi connectivity index (χ0) is 11.4. The lowest BCUT2D eigenvalue weighted by atomic mass is 9.88. The average molecular weight is 247 g/mol. The molecule has 2 atom stereocenters. The van der Waals surface area contributed by atoms with Gasteiger partial charge in [-0.2, -0.15) is 0 Å². The zero-order valence-corrected chi connectivity index (χ0v) is 11.0. The molecule has 86 valence electrons. The largest absolute Gasteiger partial charge is 0.330 e. The van der Waals surface area contributed by atoms with Crippen LogP contribution in [0.15, 0.2) is 12.1 Å². The number of nitrogens with one attached hydrogen (secondary N) is 1. The van der Waals surface area contributed by atoms with Gasteiger partial charge in [0.15, 0.2) is 0 Å². The molecule has 0 bridgehead atoms. The summed E-state index contributed by atoms with van der Waals surface area (Å²) < 4.78 is 0.838. The van der Waals surface area contributed by atoms with Crippen LogP contribution in [0.3, 0.4) is 0 Å². The molecule has 0 aliphatic rings. The Morgan fingerprint density at radius 1 is 1.47 bits per heavy atom. The van der Waals surface area contributed by atoms with E-state index in [1.807, 2.05) is 13.1 Å². The molecule has 1 heterocycles. The van der Waals surface area contributed by atoms with Gasteiger partial charge in [-0.05, 0) is 37.6 Å². The Kier molecular flexibility index (Phi) is 5.06. The molecule has 0 fully saturated rings. The van der Waals surface area contributed by atoms with Crippen LogP contribution in [-0.4, -0.2) is 13.6 Å². The average Bonchev–Trinajstić information content (AvgIpc) is 2.60. The highest BCUT2D eigenvalue weighted by molar-refractivity contribution is 7.16. The number of hydrogen-bond donors (Lipinski definition) is 2. The molecule has 3 N–H and O–H groups in total. The first-order valence-electron chi connectivity index (χ1n) is 5.22. The lowest BCUT2D eigenvalue weighted by Crippen LogP contribution is -2.33. The Labute approximate surface area is 101 Å². The van der Waals surface area contributed by atoms with Crippen LogP contribution in [0, 0.1) is 11.8 Å². The third kappa shape index (κ3) is 3.18. The Hall–Kier alpha value is -0.0900. The quantitative estimate of drug-likeness (QED) is 0.839. The lowest BCUT2D eigenvalue weighted by molar-refractivity contribution is 0.302. The Morgan fingerprint density at radius 2 is 2.13 bits per heavy atom. The number of nitrogens with two attached hydrogens (primary N) is 1. The molecule has 0 spiro atoms. The van der Waals surface area contributed by atoms with Gasteiger partial charge < -0.3 is 11.1 Å². The van der Waals surface area contributed by atoms with Gasteiger partial charge in [-0.3, -0.25) is 0 Å². The topological polar surface area (TPSA) is 38.0 Å². The van der Waals surface area contributed by atoms with Crippen LogP contribution < -0.4 is 11.1 Å². The molecule has 0 saturated heterocycles. The molecule has 0 amide bonds. The normalized spacial score (nSPS) is 15.6. The third-order valence-electron chi connectivity index (χ3n) is 2.77. The van der Waals surface area contributed by atoms with Crippen LogP contribution in [-0.2, 0) is 0 Å². The van der Waals surface area contributed by atoms with Gasteiger partial charge in [-0.1, -0.05) is 25.4 Å². The summed E-state index contributed by atoms with van der Waals surface area (Å²) in [7, 11) is 1.98. The predicted octanol–water partition coefficient (Wildman–Crippen LogP) is 2.89. The first-order chi connectivity index (χ1) is 7.10. The molecule has 1 rings (SSSR count). The SMILES string of the molecule is CNC(c1ccc(Cl)s1)C(CN)C(C)C. The fourth-order valence-corrected chi connectivity index (χ4v) is 3.10. The fraction of sp³-hybridized carbons (Fsp3) is 0.636. The van der Waals surface area contributed by atoms with Gasteiger partial charge in [-0.15, -0.1) is 11.3 Å². The molecule has 0 aliphatic heterocycles. The second kappa shape index (κ2) is 5.85. The Bertz CT molecular complexity index is 299. The predicted molar refractivity (Wildman–Crippen MR) is 68.5 cm³/mol. The summed E-state index contributed by atoms with van der Waals surface area (Å²) >= 11 is 7.58. The smallest absolute Gasteiger partial charge is 0.0931 e. The summed E-state index contributed by atoms with van der Waals surface area (Å²) in [5, 5.41) is 3.34. The van der Waals surface area contributed by atoms with E-state index in [4.69, 9.17) is 17.3 Å². The minimum Gasteiger partial charge on any atom is -0.330 e. The van der Waals surface area contributed by atoms with E-state index in [0.717, 1.165) is 4.34 Å². The van der Waals surface area contributed by atoms with E-state index < -0.39 is 0 Å². The van der Waals surface area contributed by atoms with Gasteiger partial charge in [0.05, 0.1) is 4.34 Å². The third-order valence-corrected chi connectivity index (χ3v) is 4.08. The van der Waals surface area contributed by atoms with Crippen molar-refractivity contribution in [3.8, 4) is 0 Å². The van der Waals surface area contributed by atoms with Crippen molar-refractivity contribution in [1.82, 2.24) is 5.32 Å². The standard InChI is InChI=1S/C11H19ClN2S/c1-7(2)8(6-13)11(14-3)9-4-5-10(12)15-9/h4-5,7-8,11,14H,6,13H2,1-3H3. The van der Waals surface area contributed by atoms with E-state index in [1.165, 1.54) is 4.88 Å². The molecule has 1 aromatic rings. The van der Waals surface area contributed by atoms with E-state index in [1.54, 1.807) is 11.3 Å². The van der Waals surface area contributed by atoms with Gasteiger partial charge >= 0.3 is 0 Å². The molecular formula is C11H19ClN2S. The maximum Gasteiger partial charge on any atom is 0.0931 e. The van der Waals surface area contributed by atoms with Crippen LogP contribution >= 0.6 is 22.9 Å². The zero-order valence-electron chi connectivity index (χ0n) is 9.46. The summed E-state index contributed by atoms with van der Waals surface area (Å²) in [5.41, 5.74) is 5.83. The van der Waals surface area contributed by atoms with Crippen LogP contribution in [0.1, 0.15) is 24.8 Å². The van der Waals surface area contributed by atoms with Crippen molar-refractivity contribution in [2.75, 3.05) is 13.6 Å². The number of thiophene rings is 1. The molecule has 0 radical (unpaired) electrons. The van der Waals surface area contributed by atoms with Gasteiger partial charge in [0.1, 0.15) is 0 Å². The monoisotopic (exact) mass is 246 g/mol. The van der Waals surface area contributed by atoms with E-state index >= 15 is 0 Å². The highest BCUT2D eigenvalue weighted by Gasteiger charge is 2.24. The molecule has 0 aliphatic carbocycles. The summed E-state index contributed by atoms with van der Waals surface area (Å²) in [6, 6.07) is 4.34. The van der Waals surface area contributed by atoms with E-state index in [-0.39, 0.29) is 0 Å². The van der Waals surface area contributed by atoms with Crippen molar-refractivity contribution in [2.45, 2.75) is 19.9 Å². The van der Waals surface area contributed by atoms with Crippen LogP contribution in [0.4, 0.5) is 0 Å². The van der Waals surface area contributed by atoms with Crippen molar-refractivity contribution in [2.24, 2.45) is 17.6 Å². The minimum atomic E-state index is 0.312. The highest BCUT2D eigenvalue weighted by Crippen LogP contribution is 2.33. The number of halogens is 1. The second-order valence-corrected chi connectivity index (χ2v) is 5.80. The van der Waals surface area contributed by atoms with Crippen molar-refractivity contribution >= 4 is 22.9 Å². The molecule has 1 aromatic heterocycles. The van der Waals surface area contributed by atoms with Crippen molar-refractivity contribution in [3.05, 3.63) is 21.3 Å². The fourth-order valence-electron chi connectivity index (χ4n) is 1.86. The van der Waals surface area contributed by atoms with Crippen molar-refractivity contribution in [1.29, 1.82) is 0 Å². The number of hydrogen-bond acceptors (Lipinski definition) is 3. The Balaban J connectivity index is 2.86. The summed E-state index contributed by atoms with van der Waals surface area (Å²) in [6.07, 6.45) is 0. The van der Waals surface area contributed by atoms with Gasteiger partial charge in [0.25, 0.3) is 0 Å². The van der Waals surface area contributed by atoms with Crippen molar-refractivity contribution < 1.29 is 0 Å². The summed E-state index contributed by atoms with van der Waals surface area (Å²) in [4.78, 5) is 1.27. The molecule has 2 unspecified atom stereocenters.